The number of carbonyl (C=O) groups is 1. The van der Waals surface area contributed by atoms with Crippen LogP contribution in [0.3, 0.4) is 0 Å². The lowest BCUT2D eigenvalue weighted by Gasteiger charge is -2.22. The van der Waals surface area contributed by atoms with Gasteiger partial charge in [0.25, 0.3) is 10.1 Å². The average molecular weight is 206 g/mol. The molecule has 13 heavy (non-hydrogen) atoms. The molecular formula is C8H14O4S. The molecule has 0 atom stereocenters. The van der Waals surface area contributed by atoms with Crippen molar-refractivity contribution in [3.05, 3.63) is 0 Å². The zero-order chi connectivity index (χ0) is 9.90. The fourth-order valence-electron chi connectivity index (χ4n) is 1.25. The largest absolute Gasteiger partial charge is 0.300 e. The third-order valence-electron chi connectivity index (χ3n) is 1.94. The highest BCUT2D eigenvalue weighted by Crippen LogP contribution is 2.24. The Kier molecular flexibility index (Phi) is 3.44. The van der Waals surface area contributed by atoms with Gasteiger partial charge in [0, 0.05) is 12.8 Å². The van der Waals surface area contributed by atoms with Crippen molar-refractivity contribution < 1.29 is 17.4 Å². The van der Waals surface area contributed by atoms with Gasteiger partial charge in [0.15, 0.2) is 0 Å². The Hall–Kier alpha value is -0.420. The summed E-state index contributed by atoms with van der Waals surface area (Å²) in [5, 5.41) is 0. The van der Waals surface area contributed by atoms with Crippen LogP contribution in [0, 0.1) is 5.92 Å². The third-order valence-corrected chi connectivity index (χ3v) is 3.34. The van der Waals surface area contributed by atoms with E-state index in [-0.39, 0.29) is 24.1 Å². The summed E-state index contributed by atoms with van der Waals surface area (Å²) in [4.78, 5) is 10.6. The van der Waals surface area contributed by atoms with Crippen LogP contribution in [-0.4, -0.2) is 26.6 Å². The van der Waals surface area contributed by atoms with Crippen molar-refractivity contribution in [3.63, 3.8) is 0 Å². The van der Waals surface area contributed by atoms with E-state index >= 15 is 0 Å². The predicted molar refractivity (Wildman–Crippen MR) is 47.8 cm³/mol. The summed E-state index contributed by atoms with van der Waals surface area (Å²) in [7, 11) is -3.38. The summed E-state index contributed by atoms with van der Waals surface area (Å²) in [6.07, 6.45) is 1.48. The van der Waals surface area contributed by atoms with Crippen LogP contribution in [0.5, 0.6) is 0 Å². The molecule has 1 saturated carbocycles. The molecule has 5 heteroatoms. The SMILES string of the molecule is CCCOS(=O)(=O)CC1CC(=O)C1. The van der Waals surface area contributed by atoms with Crippen molar-refractivity contribution in [1.82, 2.24) is 0 Å². The minimum absolute atomic E-state index is 0.00125. The Morgan fingerprint density at radius 3 is 2.54 bits per heavy atom. The highest BCUT2D eigenvalue weighted by Gasteiger charge is 2.31. The van der Waals surface area contributed by atoms with Gasteiger partial charge < -0.3 is 0 Å². The first-order chi connectivity index (χ1) is 6.03. The van der Waals surface area contributed by atoms with Crippen molar-refractivity contribution in [2.24, 2.45) is 5.92 Å². The van der Waals surface area contributed by atoms with Crippen LogP contribution in [0.2, 0.25) is 0 Å². The molecule has 1 aliphatic carbocycles. The van der Waals surface area contributed by atoms with E-state index in [9.17, 15) is 13.2 Å². The molecule has 1 rings (SSSR count). The van der Waals surface area contributed by atoms with Crippen molar-refractivity contribution in [2.75, 3.05) is 12.4 Å². The monoisotopic (exact) mass is 206 g/mol. The second-order valence-corrected chi connectivity index (χ2v) is 5.04. The average Bonchev–Trinajstić information content (AvgIpc) is 1.98. The van der Waals surface area contributed by atoms with Gasteiger partial charge in [-0.05, 0) is 12.3 Å². The van der Waals surface area contributed by atoms with E-state index in [1.165, 1.54) is 0 Å². The summed E-state index contributed by atoms with van der Waals surface area (Å²) in [6.45, 7) is 2.09. The maximum atomic E-state index is 11.2. The second kappa shape index (κ2) is 4.19. The van der Waals surface area contributed by atoms with E-state index < -0.39 is 10.1 Å². The van der Waals surface area contributed by atoms with Gasteiger partial charge in [-0.1, -0.05) is 6.92 Å². The summed E-state index contributed by atoms with van der Waals surface area (Å²) >= 11 is 0. The zero-order valence-electron chi connectivity index (χ0n) is 7.65. The fraction of sp³-hybridized carbons (Fsp3) is 0.875. The molecule has 0 heterocycles. The van der Waals surface area contributed by atoms with Crippen molar-refractivity contribution in [3.8, 4) is 0 Å². The van der Waals surface area contributed by atoms with Crippen LogP contribution >= 0.6 is 0 Å². The number of carbonyl (C=O) groups excluding carboxylic acids is 1. The van der Waals surface area contributed by atoms with Gasteiger partial charge in [0.2, 0.25) is 0 Å². The van der Waals surface area contributed by atoms with Gasteiger partial charge in [-0.3, -0.25) is 8.98 Å². The molecule has 0 aromatic rings. The first-order valence-corrected chi connectivity index (χ1v) is 6.00. The maximum absolute atomic E-state index is 11.2. The molecule has 0 unspecified atom stereocenters. The van der Waals surface area contributed by atoms with Crippen LogP contribution in [0.15, 0.2) is 0 Å². The fourth-order valence-corrected chi connectivity index (χ4v) is 2.58. The lowest BCUT2D eigenvalue weighted by atomic mass is 9.86. The number of hydrogen-bond donors (Lipinski definition) is 0. The van der Waals surface area contributed by atoms with Gasteiger partial charge in [-0.25, -0.2) is 0 Å². The number of rotatable bonds is 5. The molecule has 76 valence electrons. The minimum atomic E-state index is -3.38. The summed E-state index contributed by atoms with van der Waals surface area (Å²) in [5.74, 6) is 0.142. The van der Waals surface area contributed by atoms with Crippen LogP contribution in [0.25, 0.3) is 0 Å². The quantitative estimate of drug-likeness (QED) is 0.622. The lowest BCUT2D eigenvalue weighted by Crippen LogP contribution is -2.30. The zero-order valence-corrected chi connectivity index (χ0v) is 8.47. The van der Waals surface area contributed by atoms with Crippen LogP contribution in [-0.2, 0) is 19.1 Å². The molecule has 0 saturated heterocycles. The normalized spacial score (nSPS) is 18.7. The van der Waals surface area contributed by atoms with E-state index in [4.69, 9.17) is 0 Å². The molecule has 0 radical (unpaired) electrons. The Labute approximate surface area is 78.4 Å². The lowest BCUT2D eigenvalue weighted by molar-refractivity contribution is -0.126. The molecule has 0 N–H and O–H groups in total. The Morgan fingerprint density at radius 1 is 1.46 bits per heavy atom. The Balaban J connectivity index is 2.30. The molecule has 0 aromatic carbocycles. The predicted octanol–water partition coefficient (Wildman–Crippen LogP) is 0.722. The van der Waals surface area contributed by atoms with Gasteiger partial charge in [0.05, 0.1) is 12.4 Å². The first kappa shape index (κ1) is 10.7. The van der Waals surface area contributed by atoms with Gasteiger partial charge in [0.1, 0.15) is 5.78 Å². The molecule has 4 nitrogen and oxygen atoms in total. The maximum Gasteiger partial charge on any atom is 0.267 e. The second-order valence-electron chi connectivity index (χ2n) is 3.36. The standard InChI is InChI=1S/C8H14O4S/c1-2-3-12-13(10,11)6-7-4-8(9)5-7/h7H,2-6H2,1H3. The van der Waals surface area contributed by atoms with Gasteiger partial charge in [-0.2, -0.15) is 8.42 Å². The number of ketones is 1. The number of Topliss-reactive ketones (excluding diaryl/α,β-unsaturated/α-hetero) is 1. The third kappa shape index (κ3) is 3.44. The highest BCUT2D eigenvalue weighted by atomic mass is 32.2. The molecule has 0 aromatic heterocycles. The first-order valence-electron chi connectivity index (χ1n) is 4.42. The summed E-state index contributed by atoms with van der Waals surface area (Å²) in [5.41, 5.74) is 0. The van der Waals surface area contributed by atoms with Crippen LogP contribution in [0.1, 0.15) is 26.2 Å². The van der Waals surface area contributed by atoms with E-state index in [0.717, 1.165) is 0 Å². The van der Waals surface area contributed by atoms with E-state index in [1.807, 2.05) is 6.92 Å². The van der Waals surface area contributed by atoms with Crippen molar-refractivity contribution >= 4 is 15.9 Å². The molecule has 0 aliphatic heterocycles. The molecule has 0 spiro atoms. The van der Waals surface area contributed by atoms with Crippen LogP contribution in [0.4, 0.5) is 0 Å². The summed E-state index contributed by atoms with van der Waals surface area (Å²) < 4.78 is 27.0. The van der Waals surface area contributed by atoms with Crippen LogP contribution < -0.4 is 0 Å². The Morgan fingerprint density at radius 2 is 2.08 bits per heavy atom. The van der Waals surface area contributed by atoms with E-state index in [1.54, 1.807) is 0 Å². The van der Waals surface area contributed by atoms with Gasteiger partial charge in [-0.15, -0.1) is 0 Å². The minimum Gasteiger partial charge on any atom is -0.300 e. The van der Waals surface area contributed by atoms with E-state index in [2.05, 4.69) is 4.18 Å². The topological polar surface area (TPSA) is 60.4 Å². The molecule has 1 aliphatic rings. The highest BCUT2D eigenvalue weighted by molar-refractivity contribution is 7.86. The smallest absolute Gasteiger partial charge is 0.267 e. The van der Waals surface area contributed by atoms with Crippen molar-refractivity contribution in [1.29, 1.82) is 0 Å². The van der Waals surface area contributed by atoms with E-state index in [0.29, 0.717) is 19.3 Å². The molecule has 0 bridgehead atoms. The Bertz CT molecular complexity index is 273. The number of hydrogen-bond acceptors (Lipinski definition) is 4. The van der Waals surface area contributed by atoms with Gasteiger partial charge >= 0.3 is 0 Å². The molecule has 0 amide bonds. The molecule has 1 fully saturated rings. The van der Waals surface area contributed by atoms with Crippen molar-refractivity contribution in [2.45, 2.75) is 26.2 Å². The molecular weight excluding hydrogens is 192 g/mol. The summed E-state index contributed by atoms with van der Waals surface area (Å²) in [6, 6.07) is 0.